The van der Waals surface area contributed by atoms with Crippen LogP contribution in [0.2, 0.25) is 0 Å². The Morgan fingerprint density at radius 3 is 2.88 bits per heavy atom. The van der Waals surface area contributed by atoms with Crippen LogP contribution in [0.1, 0.15) is 19.8 Å². The maximum Gasteiger partial charge on any atom is 0.188 e. The van der Waals surface area contributed by atoms with Crippen molar-refractivity contribution in [2.75, 3.05) is 45.9 Å². The largest absolute Gasteiger partial charge is 0.485 e. The summed E-state index contributed by atoms with van der Waals surface area (Å²) < 4.78 is 24.6. The predicted octanol–water partition coefficient (Wildman–Crippen LogP) is 1.61. The summed E-state index contributed by atoms with van der Waals surface area (Å²) in [4.78, 5) is 6.69. The lowest BCUT2D eigenvalue weighted by atomic mass is 10.2. The number of hydrogen-bond acceptors (Lipinski definition) is 4. The second-order valence-corrected chi connectivity index (χ2v) is 6.04. The van der Waals surface area contributed by atoms with Gasteiger partial charge in [-0.2, -0.15) is 0 Å². The Morgan fingerprint density at radius 1 is 1.40 bits per heavy atom. The Bertz CT molecular complexity index is 536. The van der Waals surface area contributed by atoms with E-state index in [0.29, 0.717) is 12.5 Å². The molecule has 0 saturated carbocycles. The van der Waals surface area contributed by atoms with Crippen LogP contribution in [0, 0.1) is 5.82 Å². The van der Waals surface area contributed by atoms with E-state index in [0.717, 1.165) is 52.2 Å². The Labute approximate surface area is 149 Å². The van der Waals surface area contributed by atoms with E-state index in [2.05, 4.69) is 15.2 Å². The Balaban J connectivity index is 1.66. The van der Waals surface area contributed by atoms with E-state index in [1.807, 2.05) is 6.92 Å². The summed E-state index contributed by atoms with van der Waals surface area (Å²) in [7, 11) is 0. The number of guanidine groups is 1. The molecule has 0 bridgehead atoms. The van der Waals surface area contributed by atoms with Crippen LogP contribution in [0.4, 0.5) is 4.39 Å². The molecule has 0 spiro atoms. The fraction of sp³-hybridized carbons (Fsp3) is 0.611. The van der Waals surface area contributed by atoms with Crippen LogP contribution in [-0.4, -0.2) is 62.9 Å². The van der Waals surface area contributed by atoms with Gasteiger partial charge in [0.05, 0.1) is 19.8 Å². The molecule has 0 aliphatic carbocycles. The molecule has 25 heavy (non-hydrogen) atoms. The number of halogens is 1. The van der Waals surface area contributed by atoms with Gasteiger partial charge in [0.25, 0.3) is 0 Å². The Morgan fingerprint density at radius 2 is 2.16 bits per heavy atom. The molecule has 1 heterocycles. The molecule has 1 aliphatic heterocycles. The number of morpholine rings is 1. The molecular formula is C18H29FN4O2. The number of nitrogens with one attached hydrogen (secondary N) is 1. The summed E-state index contributed by atoms with van der Waals surface area (Å²) >= 11 is 0. The minimum absolute atomic E-state index is 0.203. The van der Waals surface area contributed by atoms with Crippen LogP contribution in [0.15, 0.2) is 29.3 Å². The van der Waals surface area contributed by atoms with Crippen molar-refractivity contribution < 1.29 is 13.9 Å². The molecule has 0 aromatic heterocycles. The molecule has 1 aliphatic rings. The standard InChI is InChI=1S/C18H29FN4O2/c1-2-15(25-17-7-4-3-6-16(17)19)14-22-18(20)21-8-5-9-23-10-12-24-13-11-23/h3-4,6-7,15H,2,5,8-14H2,1H3,(H3,20,21,22). The molecule has 0 amide bonds. The zero-order chi connectivity index (χ0) is 17.9. The number of hydrogen-bond donors (Lipinski definition) is 2. The van der Waals surface area contributed by atoms with Gasteiger partial charge in [-0.1, -0.05) is 19.1 Å². The molecule has 2 rings (SSSR count). The third kappa shape index (κ3) is 7.27. The number of aliphatic imine (C=N–C) groups is 1. The number of ether oxygens (including phenoxy) is 2. The highest BCUT2D eigenvalue weighted by atomic mass is 19.1. The summed E-state index contributed by atoms with van der Waals surface area (Å²) in [6.07, 6.45) is 1.52. The first-order chi connectivity index (χ1) is 12.2. The molecule has 1 saturated heterocycles. The molecule has 3 N–H and O–H groups in total. The number of nitrogens with two attached hydrogens (primary N) is 1. The van der Waals surface area contributed by atoms with E-state index in [9.17, 15) is 4.39 Å². The summed E-state index contributed by atoms with van der Waals surface area (Å²) in [5.74, 6) is 0.290. The van der Waals surface area contributed by atoms with Gasteiger partial charge >= 0.3 is 0 Å². The number of rotatable bonds is 9. The van der Waals surface area contributed by atoms with Gasteiger partial charge in [-0.3, -0.25) is 4.90 Å². The van der Waals surface area contributed by atoms with Crippen molar-refractivity contribution in [3.63, 3.8) is 0 Å². The molecule has 1 fully saturated rings. The number of para-hydroxylation sites is 1. The van der Waals surface area contributed by atoms with E-state index in [1.165, 1.54) is 6.07 Å². The maximum absolute atomic E-state index is 13.6. The third-order valence-corrected chi connectivity index (χ3v) is 4.11. The van der Waals surface area contributed by atoms with Gasteiger partial charge < -0.3 is 20.5 Å². The van der Waals surface area contributed by atoms with Crippen molar-refractivity contribution in [3.05, 3.63) is 30.1 Å². The van der Waals surface area contributed by atoms with Gasteiger partial charge in [-0.05, 0) is 31.5 Å². The van der Waals surface area contributed by atoms with Gasteiger partial charge in [-0.25, -0.2) is 9.38 Å². The Hall–Kier alpha value is -1.86. The fourth-order valence-electron chi connectivity index (χ4n) is 2.57. The van der Waals surface area contributed by atoms with Crippen LogP contribution < -0.4 is 15.8 Å². The smallest absolute Gasteiger partial charge is 0.188 e. The molecule has 1 aromatic rings. The molecule has 140 valence electrons. The molecule has 1 unspecified atom stereocenters. The molecule has 0 radical (unpaired) electrons. The van der Waals surface area contributed by atoms with E-state index in [1.54, 1.807) is 18.2 Å². The lowest BCUT2D eigenvalue weighted by Crippen LogP contribution is -2.39. The summed E-state index contributed by atoms with van der Waals surface area (Å²) in [6.45, 7) is 7.80. The average molecular weight is 352 g/mol. The summed E-state index contributed by atoms with van der Waals surface area (Å²) in [5, 5.41) is 3.12. The van der Waals surface area contributed by atoms with Gasteiger partial charge in [-0.15, -0.1) is 0 Å². The average Bonchev–Trinajstić information content (AvgIpc) is 2.64. The second-order valence-electron chi connectivity index (χ2n) is 6.04. The third-order valence-electron chi connectivity index (χ3n) is 4.11. The molecule has 7 heteroatoms. The van der Waals surface area contributed by atoms with Crippen molar-refractivity contribution >= 4 is 5.96 Å². The topological polar surface area (TPSA) is 72.1 Å². The highest BCUT2D eigenvalue weighted by Gasteiger charge is 2.11. The maximum atomic E-state index is 13.6. The van der Waals surface area contributed by atoms with Crippen molar-refractivity contribution in [3.8, 4) is 5.75 Å². The van der Waals surface area contributed by atoms with Crippen molar-refractivity contribution in [1.82, 2.24) is 10.2 Å². The fourth-order valence-corrected chi connectivity index (χ4v) is 2.57. The first kappa shape index (κ1) is 19.5. The first-order valence-corrected chi connectivity index (χ1v) is 8.94. The minimum atomic E-state index is -0.362. The predicted molar refractivity (Wildman–Crippen MR) is 97.5 cm³/mol. The van der Waals surface area contributed by atoms with Crippen LogP contribution >= 0.6 is 0 Å². The van der Waals surface area contributed by atoms with Crippen LogP contribution in [-0.2, 0) is 4.74 Å². The van der Waals surface area contributed by atoms with Crippen LogP contribution in [0.5, 0.6) is 5.75 Å². The minimum Gasteiger partial charge on any atom is -0.485 e. The molecular weight excluding hydrogens is 323 g/mol. The van der Waals surface area contributed by atoms with Crippen molar-refractivity contribution in [2.45, 2.75) is 25.9 Å². The summed E-state index contributed by atoms with van der Waals surface area (Å²) in [5.41, 5.74) is 5.89. The normalized spacial score (nSPS) is 17.3. The van der Waals surface area contributed by atoms with E-state index in [-0.39, 0.29) is 17.7 Å². The highest BCUT2D eigenvalue weighted by molar-refractivity contribution is 5.77. The summed E-state index contributed by atoms with van der Waals surface area (Å²) in [6, 6.07) is 6.39. The number of nitrogens with zero attached hydrogens (tertiary/aromatic N) is 2. The quantitative estimate of drug-likeness (QED) is 0.401. The Kier molecular flexibility index (Phi) is 8.48. The monoisotopic (exact) mass is 352 g/mol. The SMILES string of the molecule is CCC(CN=C(N)NCCCN1CCOCC1)Oc1ccccc1F. The van der Waals surface area contributed by atoms with Gasteiger partial charge in [0.1, 0.15) is 6.10 Å². The van der Waals surface area contributed by atoms with Gasteiger partial charge in [0, 0.05) is 19.6 Å². The van der Waals surface area contributed by atoms with E-state index in [4.69, 9.17) is 15.2 Å². The van der Waals surface area contributed by atoms with E-state index < -0.39 is 0 Å². The molecule has 1 atom stereocenters. The van der Waals surface area contributed by atoms with E-state index >= 15 is 0 Å². The highest BCUT2D eigenvalue weighted by Crippen LogP contribution is 2.18. The zero-order valence-corrected chi connectivity index (χ0v) is 14.9. The van der Waals surface area contributed by atoms with Gasteiger partial charge in [0.2, 0.25) is 0 Å². The van der Waals surface area contributed by atoms with Crippen molar-refractivity contribution in [2.24, 2.45) is 10.7 Å². The lowest BCUT2D eigenvalue weighted by Gasteiger charge is -2.26. The first-order valence-electron chi connectivity index (χ1n) is 8.94. The van der Waals surface area contributed by atoms with Crippen molar-refractivity contribution in [1.29, 1.82) is 0 Å². The lowest BCUT2D eigenvalue weighted by molar-refractivity contribution is 0.0376. The van der Waals surface area contributed by atoms with Crippen LogP contribution in [0.3, 0.4) is 0 Å². The van der Waals surface area contributed by atoms with Gasteiger partial charge in [0.15, 0.2) is 17.5 Å². The van der Waals surface area contributed by atoms with Crippen LogP contribution in [0.25, 0.3) is 0 Å². The number of benzene rings is 1. The molecule has 1 aromatic carbocycles. The second kappa shape index (κ2) is 10.9. The molecule has 6 nitrogen and oxygen atoms in total. The zero-order valence-electron chi connectivity index (χ0n) is 14.9.